The van der Waals surface area contributed by atoms with E-state index in [2.05, 4.69) is 6.92 Å². The van der Waals surface area contributed by atoms with Crippen molar-refractivity contribution in [1.82, 2.24) is 0 Å². The molecule has 0 atom stereocenters. The SMILES string of the molecule is CC1CC(O)(C2CCOCC2)C1. The van der Waals surface area contributed by atoms with Gasteiger partial charge in [-0.25, -0.2) is 0 Å². The predicted octanol–water partition coefficient (Wildman–Crippen LogP) is 1.57. The van der Waals surface area contributed by atoms with Crippen LogP contribution in [0.4, 0.5) is 0 Å². The minimum atomic E-state index is -0.316. The molecule has 0 unspecified atom stereocenters. The standard InChI is InChI=1S/C10H18O2/c1-8-6-10(11,7-8)9-2-4-12-5-3-9/h8-9,11H,2-7H2,1H3. The van der Waals surface area contributed by atoms with Crippen LogP contribution in [0.5, 0.6) is 0 Å². The molecule has 1 aliphatic heterocycles. The van der Waals surface area contributed by atoms with Gasteiger partial charge in [-0.3, -0.25) is 0 Å². The van der Waals surface area contributed by atoms with Crippen molar-refractivity contribution in [2.45, 2.75) is 38.2 Å². The Kier molecular flexibility index (Phi) is 2.13. The van der Waals surface area contributed by atoms with Crippen molar-refractivity contribution in [3.63, 3.8) is 0 Å². The Labute approximate surface area is 73.9 Å². The Bertz CT molecular complexity index is 155. The van der Waals surface area contributed by atoms with Gasteiger partial charge >= 0.3 is 0 Å². The minimum Gasteiger partial charge on any atom is -0.390 e. The van der Waals surface area contributed by atoms with E-state index in [1.54, 1.807) is 0 Å². The van der Waals surface area contributed by atoms with Crippen LogP contribution in [0.1, 0.15) is 32.6 Å². The van der Waals surface area contributed by atoms with E-state index in [0.29, 0.717) is 5.92 Å². The van der Waals surface area contributed by atoms with Gasteiger partial charge in [0.25, 0.3) is 0 Å². The van der Waals surface area contributed by atoms with Crippen molar-refractivity contribution < 1.29 is 9.84 Å². The van der Waals surface area contributed by atoms with E-state index < -0.39 is 0 Å². The summed E-state index contributed by atoms with van der Waals surface area (Å²) in [4.78, 5) is 0. The summed E-state index contributed by atoms with van der Waals surface area (Å²) in [6.07, 6.45) is 4.14. The third-order valence-electron chi connectivity index (χ3n) is 3.39. The van der Waals surface area contributed by atoms with Gasteiger partial charge in [-0.1, -0.05) is 6.92 Å². The van der Waals surface area contributed by atoms with Crippen molar-refractivity contribution in [3.05, 3.63) is 0 Å². The first-order valence-corrected chi connectivity index (χ1v) is 5.01. The van der Waals surface area contributed by atoms with Gasteiger partial charge in [-0.05, 0) is 37.5 Å². The van der Waals surface area contributed by atoms with Crippen LogP contribution in [0.25, 0.3) is 0 Å². The van der Waals surface area contributed by atoms with E-state index in [9.17, 15) is 5.11 Å². The summed E-state index contributed by atoms with van der Waals surface area (Å²) in [5, 5.41) is 10.1. The molecule has 2 aliphatic rings. The summed E-state index contributed by atoms with van der Waals surface area (Å²) in [6.45, 7) is 3.91. The highest BCUT2D eigenvalue weighted by atomic mass is 16.5. The molecule has 0 spiro atoms. The minimum absolute atomic E-state index is 0.316. The molecule has 1 saturated carbocycles. The van der Waals surface area contributed by atoms with Crippen molar-refractivity contribution in [2.24, 2.45) is 11.8 Å². The second kappa shape index (κ2) is 3.00. The Morgan fingerprint density at radius 1 is 1.25 bits per heavy atom. The molecule has 1 saturated heterocycles. The van der Waals surface area contributed by atoms with E-state index in [0.717, 1.165) is 44.8 Å². The number of ether oxygens (including phenoxy) is 1. The van der Waals surface area contributed by atoms with Crippen LogP contribution in [-0.2, 0) is 4.74 Å². The second-order valence-corrected chi connectivity index (χ2v) is 4.50. The van der Waals surface area contributed by atoms with E-state index in [1.165, 1.54) is 0 Å². The molecule has 0 radical (unpaired) electrons. The molecule has 0 aromatic carbocycles. The van der Waals surface area contributed by atoms with Crippen molar-refractivity contribution in [1.29, 1.82) is 0 Å². The Morgan fingerprint density at radius 3 is 2.33 bits per heavy atom. The van der Waals surface area contributed by atoms with Crippen molar-refractivity contribution >= 4 is 0 Å². The zero-order valence-electron chi connectivity index (χ0n) is 7.75. The largest absolute Gasteiger partial charge is 0.390 e. The normalized spacial score (nSPS) is 44.0. The van der Waals surface area contributed by atoms with Crippen LogP contribution in [0.3, 0.4) is 0 Å². The van der Waals surface area contributed by atoms with Gasteiger partial charge < -0.3 is 9.84 Å². The highest BCUT2D eigenvalue weighted by Crippen LogP contribution is 2.45. The topological polar surface area (TPSA) is 29.5 Å². The van der Waals surface area contributed by atoms with Gasteiger partial charge in [-0.2, -0.15) is 0 Å². The molecule has 2 nitrogen and oxygen atoms in total. The van der Waals surface area contributed by atoms with Crippen LogP contribution in [0.15, 0.2) is 0 Å². The number of aliphatic hydroxyl groups is 1. The van der Waals surface area contributed by atoms with Gasteiger partial charge in [0.15, 0.2) is 0 Å². The first-order valence-electron chi connectivity index (χ1n) is 5.01. The summed E-state index contributed by atoms with van der Waals surface area (Å²) in [5.41, 5.74) is -0.316. The molecule has 1 N–H and O–H groups in total. The van der Waals surface area contributed by atoms with Crippen LogP contribution in [-0.4, -0.2) is 23.9 Å². The summed E-state index contributed by atoms with van der Waals surface area (Å²) in [5.74, 6) is 1.25. The monoisotopic (exact) mass is 170 g/mol. The average molecular weight is 170 g/mol. The maximum Gasteiger partial charge on any atom is 0.0682 e. The zero-order valence-corrected chi connectivity index (χ0v) is 7.75. The van der Waals surface area contributed by atoms with Crippen molar-refractivity contribution in [2.75, 3.05) is 13.2 Å². The molecule has 2 fully saturated rings. The molecule has 1 aliphatic carbocycles. The first-order chi connectivity index (χ1) is 5.71. The third-order valence-corrected chi connectivity index (χ3v) is 3.39. The fourth-order valence-corrected chi connectivity index (χ4v) is 2.72. The predicted molar refractivity (Wildman–Crippen MR) is 46.9 cm³/mol. The molecule has 0 aromatic rings. The van der Waals surface area contributed by atoms with Gasteiger partial charge in [-0.15, -0.1) is 0 Å². The molecule has 0 bridgehead atoms. The van der Waals surface area contributed by atoms with E-state index in [-0.39, 0.29) is 5.60 Å². The van der Waals surface area contributed by atoms with E-state index in [1.807, 2.05) is 0 Å². The second-order valence-electron chi connectivity index (χ2n) is 4.50. The van der Waals surface area contributed by atoms with Gasteiger partial charge in [0.1, 0.15) is 0 Å². The molecular weight excluding hydrogens is 152 g/mol. The Hall–Kier alpha value is -0.0800. The lowest BCUT2D eigenvalue weighted by atomic mass is 9.63. The molecule has 2 heteroatoms. The fourth-order valence-electron chi connectivity index (χ4n) is 2.72. The van der Waals surface area contributed by atoms with Crippen LogP contribution >= 0.6 is 0 Å². The van der Waals surface area contributed by atoms with E-state index in [4.69, 9.17) is 4.74 Å². The van der Waals surface area contributed by atoms with Crippen LogP contribution in [0.2, 0.25) is 0 Å². The molecule has 1 heterocycles. The number of rotatable bonds is 1. The molecule has 70 valence electrons. The Balaban J connectivity index is 1.90. The summed E-state index contributed by atoms with van der Waals surface area (Å²) >= 11 is 0. The zero-order chi connectivity index (χ0) is 8.60. The highest BCUT2D eigenvalue weighted by molar-refractivity contribution is 4.97. The Morgan fingerprint density at radius 2 is 1.83 bits per heavy atom. The van der Waals surface area contributed by atoms with Gasteiger partial charge in [0, 0.05) is 13.2 Å². The quantitative estimate of drug-likeness (QED) is 0.647. The third kappa shape index (κ3) is 1.38. The number of hydrogen-bond donors (Lipinski definition) is 1. The smallest absolute Gasteiger partial charge is 0.0682 e. The highest BCUT2D eigenvalue weighted by Gasteiger charge is 2.46. The van der Waals surface area contributed by atoms with Crippen LogP contribution < -0.4 is 0 Å². The lowest BCUT2D eigenvalue weighted by Crippen LogP contribution is -2.50. The summed E-state index contributed by atoms with van der Waals surface area (Å²) in [7, 11) is 0. The average Bonchev–Trinajstić information content (AvgIpc) is 2.04. The summed E-state index contributed by atoms with van der Waals surface area (Å²) < 4.78 is 5.28. The number of hydrogen-bond acceptors (Lipinski definition) is 2. The fraction of sp³-hybridized carbons (Fsp3) is 1.00. The van der Waals surface area contributed by atoms with Crippen molar-refractivity contribution in [3.8, 4) is 0 Å². The molecular formula is C10H18O2. The summed E-state index contributed by atoms with van der Waals surface area (Å²) in [6, 6.07) is 0. The van der Waals surface area contributed by atoms with Gasteiger partial charge in [0.2, 0.25) is 0 Å². The van der Waals surface area contributed by atoms with E-state index >= 15 is 0 Å². The molecule has 12 heavy (non-hydrogen) atoms. The van der Waals surface area contributed by atoms with Gasteiger partial charge in [0.05, 0.1) is 5.60 Å². The lowest BCUT2D eigenvalue weighted by molar-refractivity contribution is -0.137. The molecule has 0 amide bonds. The maximum absolute atomic E-state index is 10.1. The maximum atomic E-state index is 10.1. The molecule has 0 aromatic heterocycles. The lowest BCUT2D eigenvalue weighted by Gasteiger charge is -2.48. The molecule has 2 rings (SSSR count). The first kappa shape index (κ1) is 8.52. The van der Waals surface area contributed by atoms with Crippen LogP contribution in [0, 0.1) is 11.8 Å².